The molecular formula is C16H23BrN2O3S2. The number of nitrogens with zero attached hydrogens (tertiary/aromatic N) is 1. The van der Waals surface area contributed by atoms with E-state index >= 15 is 0 Å². The van der Waals surface area contributed by atoms with Crippen molar-refractivity contribution in [2.75, 3.05) is 19.3 Å². The lowest BCUT2D eigenvalue weighted by Gasteiger charge is -2.29. The molecular weight excluding hydrogens is 412 g/mol. The summed E-state index contributed by atoms with van der Waals surface area (Å²) in [6.07, 6.45) is 3.64. The molecule has 0 aromatic carbocycles. The Labute approximate surface area is 157 Å². The van der Waals surface area contributed by atoms with Crippen LogP contribution in [0.5, 0.6) is 0 Å². The fourth-order valence-electron chi connectivity index (χ4n) is 2.93. The summed E-state index contributed by atoms with van der Waals surface area (Å²) in [5.41, 5.74) is 0. The van der Waals surface area contributed by atoms with E-state index in [1.165, 1.54) is 16.2 Å². The second kappa shape index (κ2) is 9.10. The molecule has 0 unspecified atom stereocenters. The van der Waals surface area contributed by atoms with E-state index in [4.69, 9.17) is 0 Å². The van der Waals surface area contributed by atoms with Crippen LogP contribution < -0.4 is 5.32 Å². The van der Waals surface area contributed by atoms with Gasteiger partial charge >= 0.3 is 0 Å². The molecule has 8 heteroatoms. The summed E-state index contributed by atoms with van der Waals surface area (Å²) in [6, 6.07) is 3.63. The molecule has 5 nitrogen and oxygen atoms in total. The van der Waals surface area contributed by atoms with Crippen molar-refractivity contribution in [3.63, 3.8) is 0 Å². The summed E-state index contributed by atoms with van der Waals surface area (Å²) in [5, 5.41) is 3.17. The maximum Gasteiger partial charge on any atom is 0.264 e. The highest BCUT2D eigenvalue weighted by atomic mass is 79.9. The van der Waals surface area contributed by atoms with Crippen LogP contribution in [-0.4, -0.2) is 51.6 Å². The second-order valence-electron chi connectivity index (χ2n) is 5.99. The number of hydrogen-bond donors (Lipinski definition) is 1. The van der Waals surface area contributed by atoms with Crippen LogP contribution in [0.25, 0.3) is 0 Å². The number of likely N-dealkylation sites (N-methyl/N-ethyl adjacent to an activating group) is 1. The standard InChI is InChI=1S/C16H23BrN2O3S2/c1-3-24(22)12-6-4-5-11(9-12)18-15(20)10-19(2)16(21)13-7-8-14(17)23-13/h7-8,11-12H,3-6,9-10H2,1-2H3,(H,18,20)/t11-,12-,24+/m0/s1. The average molecular weight is 435 g/mol. The molecule has 2 amide bonds. The first-order chi connectivity index (χ1) is 11.4. The smallest absolute Gasteiger partial charge is 0.264 e. The number of rotatable bonds is 6. The Morgan fingerprint density at radius 2 is 2.17 bits per heavy atom. The lowest BCUT2D eigenvalue weighted by atomic mass is 9.95. The molecule has 0 spiro atoms. The molecule has 1 saturated carbocycles. The fraction of sp³-hybridized carbons (Fsp3) is 0.625. The predicted octanol–water partition coefficient (Wildman–Crippen LogP) is 2.78. The molecule has 1 N–H and O–H groups in total. The van der Waals surface area contributed by atoms with Crippen LogP contribution >= 0.6 is 27.3 Å². The zero-order valence-electron chi connectivity index (χ0n) is 13.9. The number of hydrogen-bond acceptors (Lipinski definition) is 4. The van der Waals surface area contributed by atoms with Crippen LogP contribution in [0.2, 0.25) is 0 Å². The van der Waals surface area contributed by atoms with E-state index in [2.05, 4.69) is 21.2 Å². The number of nitrogens with one attached hydrogen (secondary N) is 1. The minimum absolute atomic E-state index is 0.0341. The van der Waals surface area contributed by atoms with Gasteiger partial charge in [-0.1, -0.05) is 13.3 Å². The minimum Gasteiger partial charge on any atom is -0.352 e. The highest BCUT2D eigenvalue weighted by Gasteiger charge is 2.27. The van der Waals surface area contributed by atoms with Gasteiger partial charge in [0.1, 0.15) is 0 Å². The molecule has 2 rings (SSSR count). The predicted molar refractivity (Wildman–Crippen MR) is 102 cm³/mol. The zero-order chi connectivity index (χ0) is 17.7. The van der Waals surface area contributed by atoms with E-state index in [1.54, 1.807) is 13.1 Å². The molecule has 1 heterocycles. The van der Waals surface area contributed by atoms with Crippen molar-refractivity contribution < 1.29 is 13.8 Å². The summed E-state index contributed by atoms with van der Waals surface area (Å²) in [5.74, 6) is 0.350. The Bertz CT molecular complexity index is 620. The van der Waals surface area contributed by atoms with Gasteiger partial charge in [-0.05, 0) is 47.3 Å². The van der Waals surface area contributed by atoms with Gasteiger partial charge in [-0.3, -0.25) is 13.8 Å². The van der Waals surface area contributed by atoms with Crippen molar-refractivity contribution >= 4 is 49.9 Å². The van der Waals surface area contributed by atoms with Crippen LogP contribution in [0.3, 0.4) is 0 Å². The Balaban J connectivity index is 1.84. The molecule has 1 aliphatic rings. The van der Waals surface area contributed by atoms with Crippen molar-refractivity contribution in [1.29, 1.82) is 0 Å². The van der Waals surface area contributed by atoms with Gasteiger partial charge in [0, 0.05) is 34.9 Å². The number of carbonyl (C=O) groups is 2. The maximum absolute atomic E-state index is 12.3. The van der Waals surface area contributed by atoms with Crippen LogP contribution in [0.4, 0.5) is 0 Å². The third-order valence-electron chi connectivity index (χ3n) is 4.16. The molecule has 134 valence electrons. The SMILES string of the molecule is CC[S@@](=O)[C@H]1CCC[C@H](NC(=O)CN(C)C(=O)c2ccc(Br)s2)C1. The van der Waals surface area contributed by atoms with Crippen molar-refractivity contribution in [3.8, 4) is 0 Å². The van der Waals surface area contributed by atoms with Gasteiger partial charge in [-0.2, -0.15) is 0 Å². The van der Waals surface area contributed by atoms with Crippen molar-refractivity contribution in [1.82, 2.24) is 10.2 Å². The summed E-state index contributed by atoms with van der Waals surface area (Å²) in [7, 11) is 0.822. The van der Waals surface area contributed by atoms with Gasteiger partial charge in [-0.15, -0.1) is 11.3 Å². The Hall–Kier alpha value is -0.730. The van der Waals surface area contributed by atoms with Gasteiger partial charge in [-0.25, -0.2) is 0 Å². The first-order valence-corrected chi connectivity index (χ1v) is 11.1. The summed E-state index contributed by atoms with van der Waals surface area (Å²) in [4.78, 5) is 26.5. The first-order valence-electron chi connectivity index (χ1n) is 8.08. The third kappa shape index (κ3) is 5.39. The monoisotopic (exact) mass is 434 g/mol. The third-order valence-corrected chi connectivity index (χ3v) is 7.51. The molecule has 1 aromatic heterocycles. The van der Waals surface area contributed by atoms with E-state index in [9.17, 15) is 13.8 Å². The van der Waals surface area contributed by atoms with Gasteiger partial charge in [0.15, 0.2) is 0 Å². The lowest BCUT2D eigenvalue weighted by molar-refractivity contribution is -0.122. The van der Waals surface area contributed by atoms with Gasteiger partial charge < -0.3 is 10.2 Å². The largest absolute Gasteiger partial charge is 0.352 e. The molecule has 1 aromatic rings. The van der Waals surface area contributed by atoms with Crippen molar-refractivity contribution in [2.45, 2.75) is 43.9 Å². The van der Waals surface area contributed by atoms with Crippen LogP contribution in [0.15, 0.2) is 15.9 Å². The quantitative estimate of drug-likeness (QED) is 0.748. The highest BCUT2D eigenvalue weighted by molar-refractivity contribution is 9.11. The fourth-order valence-corrected chi connectivity index (χ4v) is 5.66. The van der Waals surface area contributed by atoms with Crippen molar-refractivity contribution in [2.24, 2.45) is 0 Å². The maximum atomic E-state index is 12.3. The second-order valence-corrected chi connectivity index (χ2v) is 10.5. The van der Waals surface area contributed by atoms with Crippen LogP contribution in [-0.2, 0) is 15.6 Å². The normalized spacial score (nSPS) is 22.0. The molecule has 0 bridgehead atoms. The van der Waals surface area contributed by atoms with E-state index < -0.39 is 10.8 Å². The summed E-state index contributed by atoms with van der Waals surface area (Å²) in [6.45, 7) is 1.97. The van der Waals surface area contributed by atoms with Crippen molar-refractivity contribution in [3.05, 3.63) is 20.8 Å². The molecule has 24 heavy (non-hydrogen) atoms. The van der Waals surface area contributed by atoms with Gasteiger partial charge in [0.05, 0.1) is 15.2 Å². The molecule has 0 aliphatic heterocycles. The minimum atomic E-state index is -0.809. The van der Waals surface area contributed by atoms with Gasteiger partial charge in [0.2, 0.25) is 5.91 Å². The molecule has 1 fully saturated rings. The van der Waals surface area contributed by atoms with E-state index in [0.717, 1.165) is 29.5 Å². The van der Waals surface area contributed by atoms with E-state index in [-0.39, 0.29) is 29.7 Å². The Morgan fingerprint density at radius 1 is 1.42 bits per heavy atom. The number of halogens is 1. The van der Waals surface area contributed by atoms with Crippen LogP contribution in [0, 0.1) is 0 Å². The highest BCUT2D eigenvalue weighted by Crippen LogP contribution is 2.24. The number of carbonyl (C=O) groups excluding carboxylic acids is 2. The number of thiophene rings is 1. The first kappa shape index (κ1) is 19.6. The zero-order valence-corrected chi connectivity index (χ0v) is 17.1. The van der Waals surface area contributed by atoms with E-state index in [1.807, 2.05) is 13.0 Å². The Kier molecular flexibility index (Phi) is 7.43. The van der Waals surface area contributed by atoms with Crippen LogP contribution in [0.1, 0.15) is 42.3 Å². The molecule has 1 aliphatic carbocycles. The van der Waals surface area contributed by atoms with E-state index in [0.29, 0.717) is 10.6 Å². The lowest BCUT2D eigenvalue weighted by Crippen LogP contribution is -2.45. The average Bonchev–Trinajstić information content (AvgIpc) is 2.99. The molecule has 0 saturated heterocycles. The molecule has 3 atom stereocenters. The number of amides is 2. The van der Waals surface area contributed by atoms with Gasteiger partial charge in [0.25, 0.3) is 5.91 Å². The summed E-state index contributed by atoms with van der Waals surface area (Å²) >= 11 is 4.69. The summed E-state index contributed by atoms with van der Waals surface area (Å²) < 4.78 is 12.9. The Morgan fingerprint density at radius 3 is 2.79 bits per heavy atom. The molecule has 0 radical (unpaired) electrons. The topological polar surface area (TPSA) is 66.5 Å².